The van der Waals surface area contributed by atoms with Crippen molar-refractivity contribution in [1.82, 2.24) is 19.6 Å². The molecule has 1 fully saturated rings. The first-order valence-corrected chi connectivity index (χ1v) is 10.0. The van der Waals surface area contributed by atoms with Crippen LogP contribution in [0.1, 0.15) is 15.2 Å². The number of carbonyl (C=O) groups is 1. The first-order valence-electron chi connectivity index (χ1n) is 9.14. The molecule has 28 heavy (non-hydrogen) atoms. The van der Waals surface area contributed by atoms with Gasteiger partial charge in [-0.3, -0.25) is 9.69 Å². The number of nitrogens with zero attached hydrogens (tertiary/aromatic N) is 4. The molecule has 3 heterocycles. The zero-order chi connectivity index (χ0) is 19.5. The van der Waals surface area contributed by atoms with Crippen molar-refractivity contribution in [1.29, 1.82) is 0 Å². The second-order valence-electron chi connectivity index (χ2n) is 6.73. The van der Waals surface area contributed by atoms with Crippen molar-refractivity contribution in [2.24, 2.45) is 0 Å². The number of carbonyl (C=O) groups excluding carboxylic acids is 1. The minimum atomic E-state index is -0.721. The highest BCUT2D eigenvalue weighted by Crippen LogP contribution is 2.16. The monoisotopic (exact) mass is 402 g/mol. The molecule has 0 aliphatic carbocycles. The summed E-state index contributed by atoms with van der Waals surface area (Å²) in [6.45, 7) is 3.96. The summed E-state index contributed by atoms with van der Waals surface area (Å²) in [5.74, 6) is -1.49. The maximum Gasteiger partial charge on any atom is 0.257 e. The van der Waals surface area contributed by atoms with Gasteiger partial charge in [0, 0.05) is 49.9 Å². The Bertz CT molecular complexity index is 949. The Balaban J connectivity index is 1.35. The number of aromatic nitrogens is 2. The topological polar surface area (TPSA) is 41.4 Å². The van der Waals surface area contributed by atoms with E-state index < -0.39 is 11.6 Å². The fourth-order valence-electron chi connectivity index (χ4n) is 3.31. The zero-order valence-corrected chi connectivity index (χ0v) is 16.0. The van der Waals surface area contributed by atoms with Gasteiger partial charge in [-0.05, 0) is 30.0 Å². The molecule has 146 valence electrons. The first kappa shape index (κ1) is 18.8. The molecule has 1 aliphatic heterocycles. The lowest BCUT2D eigenvalue weighted by molar-refractivity contribution is 0.0638. The van der Waals surface area contributed by atoms with Crippen LogP contribution in [0.4, 0.5) is 8.78 Å². The highest BCUT2D eigenvalue weighted by Gasteiger charge is 2.23. The minimum Gasteiger partial charge on any atom is -0.336 e. The van der Waals surface area contributed by atoms with E-state index in [0.717, 1.165) is 38.2 Å². The van der Waals surface area contributed by atoms with Gasteiger partial charge in [-0.25, -0.2) is 13.5 Å². The molecular formula is C20H20F2N4OS. The van der Waals surface area contributed by atoms with Crippen LogP contribution in [0, 0.1) is 11.6 Å². The molecular weight excluding hydrogens is 382 g/mol. The number of thiophene rings is 1. The summed E-state index contributed by atoms with van der Waals surface area (Å²) < 4.78 is 28.3. The molecule has 5 nitrogen and oxygen atoms in total. The number of amides is 1. The Morgan fingerprint density at radius 1 is 1.14 bits per heavy atom. The molecule has 4 rings (SSSR count). The van der Waals surface area contributed by atoms with Crippen molar-refractivity contribution in [3.8, 4) is 5.69 Å². The molecule has 0 radical (unpaired) electrons. The lowest BCUT2D eigenvalue weighted by atomic mass is 10.2. The summed E-state index contributed by atoms with van der Waals surface area (Å²) in [5.41, 5.74) is 0.509. The van der Waals surface area contributed by atoms with Crippen molar-refractivity contribution in [2.75, 3.05) is 32.7 Å². The SMILES string of the molecule is O=C(c1cnn(-c2ccc(F)cc2F)c1)N1CCN(CCc2cccs2)CC1. The van der Waals surface area contributed by atoms with E-state index in [2.05, 4.69) is 27.5 Å². The fraction of sp³-hybridized carbons (Fsp3) is 0.300. The van der Waals surface area contributed by atoms with Crippen molar-refractivity contribution >= 4 is 17.2 Å². The van der Waals surface area contributed by atoms with Gasteiger partial charge in [0.05, 0.1) is 11.8 Å². The van der Waals surface area contributed by atoms with E-state index in [1.54, 1.807) is 16.2 Å². The van der Waals surface area contributed by atoms with Gasteiger partial charge in [0.15, 0.2) is 5.82 Å². The summed E-state index contributed by atoms with van der Waals surface area (Å²) in [5, 5.41) is 6.15. The second-order valence-corrected chi connectivity index (χ2v) is 7.76. The van der Waals surface area contributed by atoms with Gasteiger partial charge in [0.1, 0.15) is 11.5 Å². The quantitative estimate of drug-likeness (QED) is 0.658. The van der Waals surface area contributed by atoms with Gasteiger partial charge in [-0.1, -0.05) is 6.07 Å². The molecule has 8 heteroatoms. The lowest BCUT2D eigenvalue weighted by Crippen LogP contribution is -2.49. The summed E-state index contributed by atoms with van der Waals surface area (Å²) in [6.07, 6.45) is 3.94. The van der Waals surface area contributed by atoms with Gasteiger partial charge >= 0.3 is 0 Å². The van der Waals surface area contributed by atoms with Crippen molar-refractivity contribution in [3.63, 3.8) is 0 Å². The standard InChI is InChI=1S/C20H20F2N4OS/c21-16-3-4-19(18(22)12-16)26-14-15(13-23-26)20(27)25-9-7-24(8-10-25)6-5-17-2-1-11-28-17/h1-4,11-14H,5-10H2. The van der Waals surface area contributed by atoms with E-state index in [1.807, 2.05) is 0 Å². The molecule has 0 bridgehead atoms. The minimum absolute atomic E-state index is 0.110. The van der Waals surface area contributed by atoms with E-state index >= 15 is 0 Å². The molecule has 0 unspecified atom stereocenters. The average Bonchev–Trinajstić information content (AvgIpc) is 3.38. The van der Waals surface area contributed by atoms with E-state index in [1.165, 1.54) is 28.0 Å². The Kier molecular flexibility index (Phi) is 5.50. The molecule has 0 saturated carbocycles. The third kappa shape index (κ3) is 4.13. The molecule has 1 aromatic carbocycles. The Morgan fingerprint density at radius 2 is 1.96 bits per heavy atom. The normalized spacial score (nSPS) is 15.1. The van der Waals surface area contributed by atoms with Gasteiger partial charge in [-0.15, -0.1) is 11.3 Å². The number of benzene rings is 1. The Morgan fingerprint density at radius 3 is 2.68 bits per heavy atom. The van der Waals surface area contributed by atoms with Crippen LogP contribution in [-0.2, 0) is 6.42 Å². The van der Waals surface area contributed by atoms with Gasteiger partial charge < -0.3 is 4.90 Å². The van der Waals surface area contributed by atoms with Crippen LogP contribution < -0.4 is 0 Å². The molecule has 0 spiro atoms. The molecule has 1 amide bonds. The number of piperazine rings is 1. The molecule has 1 aliphatic rings. The van der Waals surface area contributed by atoms with Crippen LogP contribution in [0.25, 0.3) is 5.69 Å². The Hall–Kier alpha value is -2.58. The van der Waals surface area contributed by atoms with Crippen molar-refractivity contribution in [3.05, 3.63) is 70.2 Å². The molecule has 0 atom stereocenters. The van der Waals surface area contributed by atoms with E-state index in [0.29, 0.717) is 18.7 Å². The van der Waals surface area contributed by atoms with E-state index in [9.17, 15) is 13.6 Å². The maximum absolute atomic E-state index is 13.9. The van der Waals surface area contributed by atoms with Crippen molar-refractivity contribution in [2.45, 2.75) is 6.42 Å². The predicted octanol–water partition coefficient (Wildman–Crippen LogP) is 3.21. The number of rotatable bonds is 5. The zero-order valence-electron chi connectivity index (χ0n) is 15.2. The van der Waals surface area contributed by atoms with Gasteiger partial charge in [0.2, 0.25) is 0 Å². The molecule has 3 aromatic rings. The van der Waals surface area contributed by atoms with Crippen LogP contribution in [0.2, 0.25) is 0 Å². The second kappa shape index (κ2) is 8.20. The highest BCUT2D eigenvalue weighted by molar-refractivity contribution is 7.09. The Labute approximate surface area is 165 Å². The fourth-order valence-corrected chi connectivity index (χ4v) is 4.01. The summed E-state index contributed by atoms with van der Waals surface area (Å²) in [6, 6.07) is 7.48. The van der Waals surface area contributed by atoms with E-state index in [4.69, 9.17) is 0 Å². The average molecular weight is 402 g/mol. The van der Waals surface area contributed by atoms with Gasteiger partial charge in [-0.2, -0.15) is 5.10 Å². The van der Waals surface area contributed by atoms with E-state index in [-0.39, 0.29) is 11.6 Å². The summed E-state index contributed by atoms with van der Waals surface area (Å²) in [7, 11) is 0. The summed E-state index contributed by atoms with van der Waals surface area (Å²) >= 11 is 1.77. The third-order valence-electron chi connectivity index (χ3n) is 4.90. The van der Waals surface area contributed by atoms with Crippen LogP contribution in [-0.4, -0.2) is 58.2 Å². The van der Waals surface area contributed by atoms with Crippen molar-refractivity contribution < 1.29 is 13.6 Å². The highest BCUT2D eigenvalue weighted by atomic mass is 32.1. The van der Waals surface area contributed by atoms with Gasteiger partial charge in [0.25, 0.3) is 5.91 Å². The number of halogens is 2. The first-order chi connectivity index (χ1) is 13.6. The largest absolute Gasteiger partial charge is 0.336 e. The number of hydrogen-bond donors (Lipinski definition) is 0. The summed E-state index contributed by atoms with van der Waals surface area (Å²) in [4.78, 5) is 18.3. The van der Waals surface area contributed by atoms with Crippen LogP contribution >= 0.6 is 11.3 Å². The number of hydrogen-bond acceptors (Lipinski definition) is 4. The molecule has 2 aromatic heterocycles. The predicted molar refractivity (Wildman–Crippen MR) is 104 cm³/mol. The molecule has 1 saturated heterocycles. The lowest BCUT2D eigenvalue weighted by Gasteiger charge is -2.34. The maximum atomic E-state index is 13.9. The van der Waals surface area contributed by atoms with Crippen LogP contribution in [0.3, 0.4) is 0 Å². The van der Waals surface area contributed by atoms with Crippen LogP contribution in [0.15, 0.2) is 48.1 Å². The smallest absolute Gasteiger partial charge is 0.257 e. The third-order valence-corrected chi connectivity index (χ3v) is 5.84. The van der Waals surface area contributed by atoms with Crippen LogP contribution in [0.5, 0.6) is 0 Å². The molecule has 0 N–H and O–H groups in total.